The minimum Gasteiger partial charge on any atom is -0.489 e. The third-order valence-electron chi connectivity index (χ3n) is 5.52. The number of carbonyl (C=O) groups is 2. The van der Waals surface area contributed by atoms with E-state index in [-0.39, 0.29) is 17.7 Å². The number of urea groups is 1. The number of nitrogens with zero attached hydrogens (tertiary/aromatic N) is 1. The number of aromatic nitrogens is 1. The number of ether oxygens (including phenoxy) is 1. The van der Waals surface area contributed by atoms with Gasteiger partial charge in [-0.3, -0.25) is 9.78 Å². The molecule has 0 unspecified atom stereocenters. The molecule has 0 aliphatic carbocycles. The Balaban J connectivity index is 1.66. The van der Waals surface area contributed by atoms with Gasteiger partial charge >= 0.3 is 12.2 Å². The van der Waals surface area contributed by atoms with Crippen molar-refractivity contribution in [3.63, 3.8) is 0 Å². The van der Waals surface area contributed by atoms with Crippen LogP contribution >= 0.6 is 0 Å². The monoisotopic (exact) mass is 471 g/mol. The molecule has 0 radical (unpaired) electrons. The Labute approximate surface area is 192 Å². The van der Waals surface area contributed by atoms with E-state index in [1.54, 1.807) is 0 Å². The van der Waals surface area contributed by atoms with Crippen LogP contribution in [0.25, 0.3) is 0 Å². The molecular weight excluding hydrogens is 451 g/mol. The van der Waals surface area contributed by atoms with Crippen molar-refractivity contribution in [2.45, 2.75) is 24.6 Å². The molecule has 1 aliphatic heterocycles. The number of nitrogens with one attached hydrogen (secondary N) is 2. The summed E-state index contributed by atoms with van der Waals surface area (Å²) in [7, 11) is 0. The van der Waals surface area contributed by atoms with Gasteiger partial charge in [-0.25, -0.2) is 4.79 Å². The molecule has 2 aromatic carbocycles. The second-order valence-corrected chi connectivity index (χ2v) is 7.77. The molecule has 7 nitrogen and oxygen atoms in total. The molecule has 0 saturated carbocycles. The van der Waals surface area contributed by atoms with Gasteiger partial charge in [-0.15, -0.1) is 0 Å². The van der Waals surface area contributed by atoms with E-state index in [2.05, 4.69) is 10.3 Å². The zero-order chi connectivity index (χ0) is 24.3. The predicted octanol–water partition coefficient (Wildman–Crippen LogP) is 3.76. The van der Waals surface area contributed by atoms with Crippen molar-refractivity contribution in [2.24, 2.45) is 5.92 Å². The summed E-state index contributed by atoms with van der Waals surface area (Å²) >= 11 is 0. The van der Waals surface area contributed by atoms with Crippen LogP contribution in [0.4, 0.5) is 18.0 Å². The average Bonchev–Trinajstić information content (AvgIpc) is 2.83. The summed E-state index contributed by atoms with van der Waals surface area (Å²) in [6.07, 6.45) is -2.86. The first-order valence-electron chi connectivity index (χ1n) is 10.3. The standard InChI is InChI=1S/C24H20F3N3O4/c25-24(26,27)23(33)19(21(31)17-7-4-12-28-13-17)20(29-22(32)30-23)16-8-10-18(11-9-16)34-14-15-5-2-1-3-6-15/h1-13,19-20,33H,14H2,(H2,29,30,32)/t19-,20+,23+/m0/s1. The number of hydrogen-bond acceptors (Lipinski definition) is 5. The highest BCUT2D eigenvalue weighted by molar-refractivity contribution is 6.00. The summed E-state index contributed by atoms with van der Waals surface area (Å²) < 4.78 is 47.6. The highest BCUT2D eigenvalue weighted by Gasteiger charge is 2.66. The molecule has 4 rings (SSSR count). The van der Waals surface area contributed by atoms with Crippen molar-refractivity contribution in [2.75, 3.05) is 0 Å². The van der Waals surface area contributed by atoms with Crippen molar-refractivity contribution in [1.29, 1.82) is 0 Å². The van der Waals surface area contributed by atoms with Crippen LogP contribution in [0.1, 0.15) is 27.5 Å². The first-order valence-corrected chi connectivity index (χ1v) is 10.3. The van der Waals surface area contributed by atoms with Crippen LogP contribution in [0.2, 0.25) is 0 Å². The zero-order valence-electron chi connectivity index (χ0n) is 17.6. The van der Waals surface area contributed by atoms with E-state index in [1.807, 2.05) is 30.3 Å². The Bertz CT molecular complexity index is 1160. The van der Waals surface area contributed by atoms with Crippen LogP contribution in [0.5, 0.6) is 5.75 Å². The molecule has 1 aliphatic rings. The first-order chi connectivity index (χ1) is 16.2. The summed E-state index contributed by atoms with van der Waals surface area (Å²) in [5.74, 6) is -2.71. The van der Waals surface area contributed by atoms with Gasteiger partial charge in [0.15, 0.2) is 5.78 Å². The van der Waals surface area contributed by atoms with Crippen molar-refractivity contribution in [3.05, 3.63) is 95.8 Å². The number of amides is 2. The highest BCUT2D eigenvalue weighted by Crippen LogP contribution is 2.44. The number of rotatable bonds is 6. The van der Waals surface area contributed by atoms with Gasteiger partial charge in [-0.1, -0.05) is 42.5 Å². The molecule has 3 atom stereocenters. The average molecular weight is 471 g/mol. The molecule has 2 amide bonds. The fourth-order valence-corrected chi connectivity index (χ4v) is 3.82. The van der Waals surface area contributed by atoms with Gasteiger partial charge in [0.2, 0.25) is 5.72 Å². The lowest BCUT2D eigenvalue weighted by Crippen LogP contribution is -2.72. The maximum absolute atomic E-state index is 14.0. The molecule has 1 fully saturated rings. The molecule has 0 spiro atoms. The maximum Gasteiger partial charge on any atom is 0.437 e. The fourth-order valence-electron chi connectivity index (χ4n) is 3.82. The number of alkyl halides is 3. The van der Waals surface area contributed by atoms with Crippen LogP contribution in [-0.4, -0.2) is 33.8 Å². The maximum atomic E-state index is 14.0. The lowest BCUT2D eigenvalue weighted by atomic mass is 9.77. The van der Waals surface area contributed by atoms with E-state index < -0.39 is 35.7 Å². The van der Waals surface area contributed by atoms with Gasteiger partial charge < -0.3 is 20.5 Å². The van der Waals surface area contributed by atoms with E-state index in [1.165, 1.54) is 47.9 Å². The van der Waals surface area contributed by atoms with Gasteiger partial charge in [-0.2, -0.15) is 13.2 Å². The van der Waals surface area contributed by atoms with Gasteiger partial charge in [0.1, 0.15) is 18.3 Å². The first kappa shape index (κ1) is 23.2. The van der Waals surface area contributed by atoms with Crippen LogP contribution in [0.3, 0.4) is 0 Å². The van der Waals surface area contributed by atoms with Gasteiger partial charge in [0, 0.05) is 18.0 Å². The minimum absolute atomic E-state index is 0.138. The van der Waals surface area contributed by atoms with E-state index >= 15 is 0 Å². The largest absolute Gasteiger partial charge is 0.489 e. The van der Waals surface area contributed by atoms with Gasteiger partial charge in [-0.05, 0) is 35.4 Å². The summed E-state index contributed by atoms with van der Waals surface area (Å²) in [6, 6.07) is 15.2. The molecule has 1 saturated heterocycles. The van der Waals surface area contributed by atoms with Crippen molar-refractivity contribution >= 4 is 11.8 Å². The molecular formula is C24H20F3N3O4. The van der Waals surface area contributed by atoms with Gasteiger partial charge in [0.05, 0.1) is 6.04 Å². The van der Waals surface area contributed by atoms with E-state index in [0.29, 0.717) is 5.75 Å². The second kappa shape index (κ2) is 9.14. The molecule has 3 N–H and O–H groups in total. The predicted molar refractivity (Wildman–Crippen MR) is 115 cm³/mol. The number of carbonyl (C=O) groups excluding carboxylic acids is 2. The smallest absolute Gasteiger partial charge is 0.437 e. The summed E-state index contributed by atoms with van der Waals surface area (Å²) in [6.45, 7) is 0.278. The van der Waals surface area contributed by atoms with Gasteiger partial charge in [0.25, 0.3) is 0 Å². The van der Waals surface area contributed by atoms with Crippen LogP contribution in [0, 0.1) is 5.92 Å². The summed E-state index contributed by atoms with van der Waals surface area (Å²) in [5.41, 5.74) is -2.82. The van der Waals surface area contributed by atoms with Crippen LogP contribution in [0.15, 0.2) is 79.1 Å². The Morgan fingerprint density at radius 3 is 2.38 bits per heavy atom. The van der Waals surface area contributed by atoms with Crippen LogP contribution in [-0.2, 0) is 6.61 Å². The van der Waals surface area contributed by atoms with E-state index in [9.17, 15) is 27.9 Å². The summed E-state index contributed by atoms with van der Waals surface area (Å²) in [4.78, 5) is 29.0. The lowest BCUT2D eigenvalue weighted by Gasteiger charge is -2.45. The molecule has 10 heteroatoms. The summed E-state index contributed by atoms with van der Waals surface area (Å²) in [5, 5.41) is 14.4. The Morgan fingerprint density at radius 1 is 1.06 bits per heavy atom. The Hall–Kier alpha value is -3.92. The number of benzene rings is 2. The third kappa shape index (κ3) is 4.58. The Morgan fingerprint density at radius 2 is 1.76 bits per heavy atom. The number of halogens is 3. The lowest BCUT2D eigenvalue weighted by molar-refractivity contribution is -0.287. The number of pyridine rings is 1. The molecule has 1 aromatic heterocycles. The van der Waals surface area contributed by atoms with Crippen molar-refractivity contribution in [1.82, 2.24) is 15.6 Å². The molecule has 2 heterocycles. The van der Waals surface area contributed by atoms with Crippen molar-refractivity contribution in [3.8, 4) is 5.75 Å². The number of hydrogen-bond donors (Lipinski definition) is 3. The second-order valence-electron chi connectivity index (χ2n) is 7.77. The molecule has 3 aromatic rings. The van der Waals surface area contributed by atoms with Crippen molar-refractivity contribution < 1.29 is 32.6 Å². The highest BCUT2D eigenvalue weighted by atomic mass is 19.4. The van der Waals surface area contributed by atoms with E-state index in [4.69, 9.17) is 4.74 Å². The SMILES string of the molecule is O=C1N[C@H](c2ccc(OCc3ccccc3)cc2)[C@@H](C(=O)c2cccnc2)[C@@](O)(C(F)(F)F)N1. The quantitative estimate of drug-likeness (QED) is 0.476. The van der Waals surface area contributed by atoms with E-state index in [0.717, 1.165) is 11.8 Å². The third-order valence-corrected chi connectivity index (χ3v) is 5.52. The normalized spacial score (nSPS) is 22.4. The molecule has 34 heavy (non-hydrogen) atoms. The molecule has 0 bridgehead atoms. The van der Waals surface area contributed by atoms with Crippen LogP contribution < -0.4 is 15.4 Å². The Kier molecular flexibility index (Phi) is 6.25. The zero-order valence-corrected chi connectivity index (χ0v) is 17.6. The molecule has 176 valence electrons. The number of aliphatic hydroxyl groups is 1. The number of Topliss-reactive ketones (excluding diaryl/α,β-unsaturated/α-hetero) is 1. The minimum atomic E-state index is -5.33. The topological polar surface area (TPSA) is 101 Å². The number of ketones is 1. The fraction of sp³-hybridized carbons (Fsp3) is 0.208.